The monoisotopic (exact) mass is 611 g/mol. The smallest absolute Gasteiger partial charge is 1.00 e. The number of hydrogen-bond donors (Lipinski definition) is 0. The Bertz CT molecular complexity index is 1530. The molecule has 2 aromatic rings. The Morgan fingerprint density at radius 3 is 1.78 bits per heavy atom. The molecule has 2 aromatic carbocycles. The van der Waals surface area contributed by atoms with Crippen LogP contribution in [0.15, 0.2) is 41.5 Å². The van der Waals surface area contributed by atoms with Gasteiger partial charge in [0, 0.05) is 0 Å². The molecule has 4 rings (SSSR count). The minimum Gasteiger partial charge on any atom is -1.00 e. The fourth-order valence-electron chi connectivity index (χ4n) is 5.65. The molecule has 0 spiro atoms. The van der Waals surface area contributed by atoms with Crippen molar-refractivity contribution in [3.05, 3.63) is 84.6 Å². The van der Waals surface area contributed by atoms with Crippen molar-refractivity contribution < 1.29 is 49.5 Å². The fourth-order valence-corrected chi connectivity index (χ4v) is 6.82. The Balaban J connectivity index is 0.00000241. The van der Waals surface area contributed by atoms with Gasteiger partial charge < -0.3 is 24.8 Å². The van der Waals surface area contributed by atoms with E-state index in [0.717, 1.165) is 6.42 Å². The van der Waals surface area contributed by atoms with E-state index in [1.807, 2.05) is 0 Å². The minimum atomic E-state index is 0. The molecular formula is C34H43Cl2Zr. The van der Waals surface area contributed by atoms with Gasteiger partial charge in [0.1, 0.15) is 0 Å². The van der Waals surface area contributed by atoms with Gasteiger partial charge in [-0.15, -0.1) is 0 Å². The van der Waals surface area contributed by atoms with Crippen LogP contribution in [0.5, 0.6) is 0 Å². The van der Waals surface area contributed by atoms with Crippen molar-refractivity contribution in [2.24, 2.45) is 5.41 Å². The number of benzene rings is 2. The van der Waals surface area contributed by atoms with Gasteiger partial charge in [0.2, 0.25) is 0 Å². The normalized spacial score (nSPS) is 15.2. The van der Waals surface area contributed by atoms with Gasteiger partial charge in [0.05, 0.1) is 0 Å². The van der Waals surface area contributed by atoms with Gasteiger partial charge >= 0.3 is 230 Å². The van der Waals surface area contributed by atoms with E-state index in [4.69, 9.17) is 0 Å². The molecule has 2 aliphatic carbocycles. The molecule has 3 heteroatoms. The summed E-state index contributed by atoms with van der Waals surface area (Å²) in [5, 5.41) is 5.82. The van der Waals surface area contributed by atoms with E-state index in [-0.39, 0.29) is 41.1 Å². The first-order valence-electron chi connectivity index (χ1n) is 13.1. The summed E-state index contributed by atoms with van der Waals surface area (Å²) < 4.78 is 1.52. The number of allylic oxidation sites excluding steroid dienone is 4. The molecule has 0 N–H and O–H groups in total. The summed E-state index contributed by atoms with van der Waals surface area (Å²) in [6, 6.07) is 9.79. The molecule has 0 bridgehead atoms. The first-order valence-corrected chi connectivity index (χ1v) is 14.3. The molecule has 0 aromatic heterocycles. The zero-order valence-corrected chi connectivity index (χ0v) is 28.8. The first-order chi connectivity index (χ1) is 15.9. The average Bonchev–Trinajstić information content (AvgIpc) is 3.23. The minimum absolute atomic E-state index is 0. The first kappa shape index (κ1) is 32.3. The molecule has 0 radical (unpaired) electrons. The summed E-state index contributed by atoms with van der Waals surface area (Å²) in [7, 11) is 0. The van der Waals surface area contributed by atoms with Crippen molar-refractivity contribution in [1.82, 2.24) is 0 Å². The molecule has 0 fully saturated rings. The topological polar surface area (TPSA) is 0 Å². The second-order valence-electron chi connectivity index (χ2n) is 14.0. The number of fused-ring (bicyclic) bond motifs is 2. The van der Waals surface area contributed by atoms with Crippen molar-refractivity contribution in [2.45, 2.75) is 100 Å². The Labute approximate surface area is 252 Å². The summed E-state index contributed by atoms with van der Waals surface area (Å²) in [5.74, 6) is 0. The van der Waals surface area contributed by atoms with E-state index in [1.54, 1.807) is 5.57 Å². The molecule has 0 heterocycles. The molecule has 2 aliphatic rings. The second-order valence-corrected chi connectivity index (χ2v) is 15.2. The SMILES string of the molecule is CC1=C(c2c3c(cc(C(C)(C)C)c2=C(C)C)=c2cc(C(C)(C)C)ccc2=[C]3[Zr+2])CC(C(C)(C)C)=C1.[Cl-].[Cl-]. The summed E-state index contributed by atoms with van der Waals surface area (Å²) >= 11 is 1.50. The third-order valence-electron chi connectivity index (χ3n) is 7.83. The van der Waals surface area contributed by atoms with Gasteiger partial charge in [0.25, 0.3) is 0 Å². The van der Waals surface area contributed by atoms with Crippen LogP contribution < -0.4 is 35.3 Å². The van der Waals surface area contributed by atoms with Crippen LogP contribution in [-0.2, 0) is 35.5 Å². The standard InChI is InChI=1S/C34H43.2ClH.Zr/c1-20(2)30-29(34(10,11)12)19-27-26-17-23(32(4,5)6)14-13-22(26)16-28(27)31(30)25-18-24(15-21(25)3)33(7,8)9;;;/h13-15,17,19H,18H2,1-12H3;2*1H;/q;;;+2/p-2. The van der Waals surface area contributed by atoms with E-state index < -0.39 is 0 Å². The van der Waals surface area contributed by atoms with Gasteiger partial charge in [0.15, 0.2) is 0 Å². The number of halogens is 2. The molecule has 0 aliphatic heterocycles. The zero-order chi connectivity index (χ0) is 26.2. The Hall–Kier alpha value is -0.877. The van der Waals surface area contributed by atoms with Gasteiger partial charge in [-0.1, -0.05) is 0 Å². The molecule has 0 amide bonds. The molecule has 197 valence electrons. The average molecular weight is 614 g/mol. The summed E-state index contributed by atoms with van der Waals surface area (Å²) in [5.41, 5.74) is 12.3. The maximum Gasteiger partial charge on any atom is -1.00 e. The van der Waals surface area contributed by atoms with Gasteiger partial charge in [-0.25, -0.2) is 0 Å². The van der Waals surface area contributed by atoms with Crippen molar-refractivity contribution in [1.29, 1.82) is 0 Å². The van der Waals surface area contributed by atoms with E-state index in [1.165, 1.54) is 87.8 Å². The van der Waals surface area contributed by atoms with Gasteiger partial charge in [-0.2, -0.15) is 0 Å². The van der Waals surface area contributed by atoms with E-state index >= 15 is 0 Å². The summed E-state index contributed by atoms with van der Waals surface area (Å²) in [4.78, 5) is 0. The molecule has 0 unspecified atom stereocenters. The van der Waals surface area contributed by atoms with Crippen LogP contribution in [0.1, 0.15) is 112 Å². The quantitative estimate of drug-likeness (QED) is 0.462. The molecule has 37 heavy (non-hydrogen) atoms. The molecule has 0 atom stereocenters. The van der Waals surface area contributed by atoms with E-state index in [0.29, 0.717) is 0 Å². The molecular weight excluding hydrogens is 571 g/mol. The summed E-state index contributed by atoms with van der Waals surface area (Å²) in [6.07, 6.45) is 3.53. The van der Waals surface area contributed by atoms with E-state index in [9.17, 15) is 0 Å². The van der Waals surface area contributed by atoms with Crippen LogP contribution in [0.2, 0.25) is 0 Å². The Morgan fingerprint density at radius 2 is 1.32 bits per heavy atom. The van der Waals surface area contributed by atoms with Crippen LogP contribution in [0.4, 0.5) is 0 Å². The van der Waals surface area contributed by atoms with Crippen molar-refractivity contribution >= 4 is 14.4 Å². The number of rotatable bonds is 1. The third-order valence-corrected chi connectivity index (χ3v) is 9.11. The predicted octanol–water partition coefficient (Wildman–Crippen LogP) is 1.93. The van der Waals surface area contributed by atoms with Crippen molar-refractivity contribution in [3.63, 3.8) is 0 Å². The molecule has 0 saturated heterocycles. The molecule has 0 saturated carbocycles. The van der Waals surface area contributed by atoms with E-state index in [2.05, 4.69) is 113 Å². The number of hydrogen-bond acceptors (Lipinski definition) is 0. The largest absolute Gasteiger partial charge is 1.00 e. The maximum atomic E-state index is 2.55. The van der Waals surface area contributed by atoms with Gasteiger partial charge in [-0.3, -0.25) is 0 Å². The van der Waals surface area contributed by atoms with Crippen molar-refractivity contribution in [2.75, 3.05) is 0 Å². The second kappa shape index (κ2) is 10.6. The Morgan fingerprint density at radius 1 is 0.730 bits per heavy atom. The predicted molar refractivity (Wildman–Crippen MR) is 149 cm³/mol. The van der Waals surface area contributed by atoms with Gasteiger partial charge in [-0.05, 0) is 0 Å². The van der Waals surface area contributed by atoms with Crippen LogP contribution in [0.3, 0.4) is 0 Å². The van der Waals surface area contributed by atoms with Crippen LogP contribution in [-0.4, -0.2) is 0 Å². The van der Waals surface area contributed by atoms with Crippen LogP contribution in [0, 0.1) is 15.9 Å². The summed E-state index contributed by atoms with van der Waals surface area (Å²) in [6.45, 7) is 28.1. The molecule has 0 nitrogen and oxygen atoms in total. The van der Waals surface area contributed by atoms with Crippen LogP contribution >= 0.6 is 0 Å². The third kappa shape index (κ3) is 5.71. The van der Waals surface area contributed by atoms with Crippen LogP contribution in [0.25, 0.3) is 14.4 Å². The zero-order valence-electron chi connectivity index (χ0n) is 24.8. The fraction of sp³-hybridized carbons (Fsp3) is 0.471. The van der Waals surface area contributed by atoms with Crippen molar-refractivity contribution in [3.8, 4) is 0 Å². The maximum absolute atomic E-state index is 2.55. The Kier molecular flexibility index (Phi) is 9.26.